The van der Waals surface area contributed by atoms with E-state index >= 15 is 0 Å². The van der Waals surface area contributed by atoms with Crippen LogP contribution < -0.4 is 0 Å². The van der Waals surface area contributed by atoms with Gasteiger partial charge in [-0.3, -0.25) is 0 Å². The molecular weight excluding hydrogens is 190 g/mol. The lowest BCUT2D eigenvalue weighted by Gasteiger charge is -2.56. The molecule has 2 aliphatic heterocycles. The van der Waals surface area contributed by atoms with Crippen LogP contribution in [0.25, 0.3) is 0 Å². The Morgan fingerprint density at radius 2 is 1.67 bits per heavy atom. The van der Waals surface area contributed by atoms with Crippen LogP contribution in [0.2, 0.25) is 0 Å². The summed E-state index contributed by atoms with van der Waals surface area (Å²) in [4.78, 5) is 18.0. The van der Waals surface area contributed by atoms with Crippen molar-refractivity contribution in [2.75, 3.05) is 40.8 Å². The Kier molecular flexibility index (Phi) is 2.63. The molecule has 0 unspecified atom stereocenters. The lowest BCUT2D eigenvalue weighted by atomic mass is 9.76. The van der Waals surface area contributed by atoms with Gasteiger partial charge < -0.3 is 14.7 Å². The standard InChI is InChI=1S/C11H21N3O/c1-12(2)10(15)14-9-6-11(14)4-7-13(3)8-5-11/h4-9H2,1-3H3. The van der Waals surface area contributed by atoms with Gasteiger partial charge >= 0.3 is 6.03 Å². The van der Waals surface area contributed by atoms with Gasteiger partial charge in [-0.05, 0) is 26.3 Å². The molecule has 0 aliphatic carbocycles. The van der Waals surface area contributed by atoms with E-state index in [2.05, 4.69) is 16.8 Å². The van der Waals surface area contributed by atoms with Crippen LogP contribution in [0.5, 0.6) is 0 Å². The third-order valence-electron chi connectivity index (χ3n) is 3.90. The third-order valence-corrected chi connectivity index (χ3v) is 3.90. The van der Waals surface area contributed by atoms with E-state index in [0.29, 0.717) is 0 Å². The van der Waals surface area contributed by atoms with Crippen molar-refractivity contribution in [3.05, 3.63) is 0 Å². The zero-order chi connectivity index (χ0) is 11.1. The van der Waals surface area contributed by atoms with Gasteiger partial charge in [-0.1, -0.05) is 0 Å². The minimum atomic E-state index is 0.186. The Labute approximate surface area is 91.8 Å². The molecule has 15 heavy (non-hydrogen) atoms. The lowest BCUT2D eigenvalue weighted by molar-refractivity contribution is -0.0286. The summed E-state index contributed by atoms with van der Waals surface area (Å²) in [7, 11) is 5.83. The smallest absolute Gasteiger partial charge is 0.319 e. The number of likely N-dealkylation sites (tertiary alicyclic amines) is 2. The molecule has 4 nitrogen and oxygen atoms in total. The van der Waals surface area contributed by atoms with Gasteiger partial charge in [0.2, 0.25) is 0 Å². The Bertz CT molecular complexity index is 257. The van der Waals surface area contributed by atoms with Crippen LogP contribution in [0.1, 0.15) is 19.3 Å². The number of carbonyl (C=O) groups excluding carboxylic acids is 1. The maximum atomic E-state index is 11.9. The summed E-state index contributed by atoms with van der Waals surface area (Å²) in [6.07, 6.45) is 3.48. The molecule has 0 aromatic carbocycles. The zero-order valence-corrected chi connectivity index (χ0v) is 9.99. The largest absolute Gasteiger partial charge is 0.331 e. The third kappa shape index (κ3) is 1.71. The first-order chi connectivity index (χ1) is 7.05. The van der Waals surface area contributed by atoms with E-state index in [4.69, 9.17) is 0 Å². The summed E-state index contributed by atoms with van der Waals surface area (Å²) in [5.74, 6) is 0. The Morgan fingerprint density at radius 3 is 2.07 bits per heavy atom. The van der Waals surface area contributed by atoms with Crippen molar-refractivity contribution in [2.45, 2.75) is 24.8 Å². The number of hydrogen-bond donors (Lipinski definition) is 0. The topological polar surface area (TPSA) is 26.8 Å². The SMILES string of the molecule is CN1CCC2(CC1)CCN2C(=O)N(C)C. The van der Waals surface area contributed by atoms with E-state index in [-0.39, 0.29) is 11.6 Å². The van der Waals surface area contributed by atoms with Crippen LogP contribution in [0.4, 0.5) is 4.79 Å². The summed E-state index contributed by atoms with van der Waals surface area (Å²) in [6.45, 7) is 3.19. The van der Waals surface area contributed by atoms with Gasteiger partial charge in [0.05, 0.1) is 0 Å². The predicted octanol–water partition coefficient (Wildman–Crippen LogP) is 0.838. The molecule has 0 aromatic heterocycles. The second-order valence-electron chi connectivity index (χ2n) is 5.11. The van der Waals surface area contributed by atoms with Gasteiger partial charge in [0.25, 0.3) is 0 Å². The number of carbonyl (C=O) groups is 1. The normalized spacial score (nSPS) is 25.1. The zero-order valence-electron chi connectivity index (χ0n) is 9.99. The predicted molar refractivity (Wildman–Crippen MR) is 59.9 cm³/mol. The summed E-state index contributed by atoms with van der Waals surface area (Å²) in [5, 5.41) is 0. The fourth-order valence-electron chi connectivity index (χ4n) is 2.63. The van der Waals surface area contributed by atoms with E-state index in [1.807, 2.05) is 14.1 Å². The summed E-state index contributed by atoms with van der Waals surface area (Å²) in [5.41, 5.74) is 0.202. The highest BCUT2D eigenvalue weighted by Gasteiger charge is 2.48. The van der Waals surface area contributed by atoms with Gasteiger partial charge in [0.15, 0.2) is 0 Å². The number of hydrogen-bond acceptors (Lipinski definition) is 2. The molecule has 0 N–H and O–H groups in total. The number of amides is 2. The summed E-state index contributed by atoms with van der Waals surface area (Å²) >= 11 is 0. The molecule has 86 valence electrons. The van der Waals surface area contributed by atoms with Crippen LogP contribution in [-0.4, -0.2) is 67.0 Å². The first-order valence-corrected chi connectivity index (χ1v) is 5.73. The van der Waals surface area contributed by atoms with E-state index in [1.165, 1.54) is 6.42 Å². The number of urea groups is 1. The second kappa shape index (κ2) is 3.67. The van der Waals surface area contributed by atoms with Gasteiger partial charge in [-0.15, -0.1) is 0 Å². The van der Waals surface area contributed by atoms with Crippen molar-refractivity contribution in [3.63, 3.8) is 0 Å². The molecular formula is C11H21N3O. The number of nitrogens with zero attached hydrogens (tertiary/aromatic N) is 3. The molecule has 2 aliphatic rings. The molecule has 2 amide bonds. The van der Waals surface area contributed by atoms with Crippen molar-refractivity contribution >= 4 is 6.03 Å². The molecule has 0 atom stereocenters. The quantitative estimate of drug-likeness (QED) is 0.593. The van der Waals surface area contributed by atoms with Crippen LogP contribution >= 0.6 is 0 Å². The monoisotopic (exact) mass is 211 g/mol. The van der Waals surface area contributed by atoms with Gasteiger partial charge in [0, 0.05) is 39.3 Å². The van der Waals surface area contributed by atoms with E-state index in [9.17, 15) is 4.79 Å². The maximum Gasteiger partial charge on any atom is 0.319 e. The van der Waals surface area contributed by atoms with Gasteiger partial charge in [-0.25, -0.2) is 4.79 Å². The minimum Gasteiger partial charge on any atom is -0.331 e. The first kappa shape index (κ1) is 10.7. The molecule has 2 saturated heterocycles. The summed E-state index contributed by atoms with van der Waals surface area (Å²) < 4.78 is 0. The van der Waals surface area contributed by atoms with Crippen LogP contribution in [0.3, 0.4) is 0 Å². The lowest BCUT2D eigenvalue weighted by Crippen LogP contribution is -2.67. The van der Waals surface area contributed by atoms with Gasteiger partial charge in [-0.2, -0.15) is 0 Å². The van der Waals surface area contributed by atoms with E-state index in [0.717, 1.165) is 32.5 Å². The maximum absolute atomic E-state index is 11.9. The Hall–Kier alpha value is -0.770. The summed E-state index contributed by atoms with van der Waals surface area (Å²) in [6, 6.07) is 0.186. The Balaban J connectivity index is 2.01. The van der Waals surface area contributed by atoms with Crippen molar-refractivity contribution in [2.24, 2.45) is 0 Å². The van der Waals surface area contributed by atoms with Crippen molar-refractivity contribution in [1.29, 1.82) is 0 Å². The van der Waals surface area contributed by atoms with Crippen molar-refractivity contribution < 1.29 is 4.79 Å². The van der Waals surface area contributed by atoms with Gasteiger partial charge in [0.1, 0.15) is 0 Å². The van der Waals surface area contributed by atoms with Crippen molar-refractivity contribution in [3.8, 4) is 0 Å². The Morgan fingerprint density at radius 1 is 1.13 bits per heavy atom. The van der Waals surface area contributed by atoms with E-state index in [1.54, 1.807) is 4.90 Å². The second-order valence-corrected chi connectivity index (χ2v) is 5.11. The molecule has 0 saturated carbocycles. The average molecular weight is 211 g/mol. The minimum absolute atomic E-state index is 0.186. The van der Waals surface area contributed by atoms with E-state index < -0.39 is 0 Å². The molecule has 0 aromatic rings. The molecule has 2 fully saturated rings. The molecule has 2 heterocycles. The number of rotatable bonds is 0. The molecule has 0 radical (unpaired) electrons. The fourth-order valence-corrected chi connectivity index (χ4v) is 2.63. The fraction of sp³-hybridized carbons (Fsp3) is 0.909. The average Bonchev–Trinajstić information content (AvgIpc) is 2.17. The highest BCUT2D eigenvalue weighted by molar-refractivity contribution is 5.75. The molecule has 0 bridgehead atoms. The van der Waals surface area contributed by atoms with Crippen LogP contribution in [-0.2, 0) is 0 Å². The van der Waals surface area contributed by atoms with Crippen molar-refractivity contribution in [1.82, 2.24) is 14.7 Å². The number of piperidine rings is 1. The molecule has 1 spiro atoms. The van der Waals surface area contributed by atoms with Crippen LogP contribution in [0, 0.1) is 0 Å². The van der Waals surface area contributed by atoms with Crippen LogP contribution in [0.15, 0.2) is 0 Å². The molecule has 2 rings (SSSR count). The first-order valence-electron chi connectivity index (χ1n) is 5.73. The highest BCUT2D eigenvalue weighted by Crippen LogP contribution is 2.39. The highest BCUT2D eigenvalue weighted by atomic mass is 16.2. The molecule has 4 heteroatoms.